The maximum atomic E-state index is 10.8. The maximum Gasteiger partial charge on any atom is 0.147 e. The van der Waals surface area contributed by atoms with Crippen molar-refractivity contribution in [2.75, 3.05) is 38.9 Å². The van der Waals surface area contributed by atoms with E-state index in [2.05, 4.69) is 0 Å². The Labute approximate surface area is 91.3 Å². The van der Waals surface area contributed by atoms with Crippen molar-refractivity contribution in [1.29, 1.82) is 0 Å². The highest BCUT2D eigenvalue weighted by atomic mass is 32.2. The molecule has 0 fully saturated rings. The number of ether oxygens (including phenoxy) is 2. The molecular formula is C9H20O5S. The van der Waals surface area contributed by atoms with E-state index in [4.69, 9.17) is 9.47 Å². The smallest absolute Gasteiger partial charge is 0.147 e. The Bertz CT molecular complexity index is 237. The van der Waals surface area contributed by atoms with Gasteiger partial charge < -0.3 is 14.6 Å². The summed E-state index contributed by atoms with van der Waals surface area (Å²) in [6, 6.07) is 0. The highest BCUT2D eigenvalue weighted by Gasteiger charge is 2.07. The van der Waals surface area contributed by atoms with Crippen molar-refractivity contribution in [1.82, 2.24) is 0 Å². The maximum absolute atomic E-state index is 10.8. The van der Waals surface area contributed by atoms with Crippen LogP contribution < -0.4 is 0 Å². The lowest BCUT2D eigenvalue weighted by molar-refractivity contribution is 0.0103. The van der Waals surface area contributed by atoms with Gasteiger partial charge in [-0.15, -0.1) is 0 Å². The predicted octanol–water partition coefficient (Wildman–Crippen LogP) is -0.165. The predicted molar refractivity (Wildman–Crippen MR) is 57.6 cm³/mol. The normalized spacial score (nSPS) is 14.1. The summed E-state index contributed by atoms with van der Waals surface area (Å²) in [6.07, 6.45) is 1.51. The van der Waals surface area contributed by atoms with Gasteiger partial charge in [0.2, 0.25) is 0 Å². The quantitative estimate of drug-likeness (QED) is 0.567. The number of rotatable bonds is 9. The van der Waals surface area contributed by atoms with Crippen molar-refractivity contribution in [3.8, 4) is 0 Å². The van der Waals surface area contributed by atoms with Gasteiger partial charge >= 0.3 is 0 Å². The first-order valence-corrected chi connectivity index (χ1v) is 6.94. The molecule has 0 radical (unpaired) electrons. The van der Waals surface area contributed by atoms with Gasteiger partial charge in [0.1, 0.15) is 9.84 Å². The van der Waals surface area contributed by atoms with Crippen molar-refractivity contribution in [2.24, 2.45) is 0 Å². The minimum absolute atomic E-state index is 0.113. The van der Waals surface area contributed by atoms with Crippen LogP contribution in [0, 0.1) is 0 Å². The van der Waals surface area contributed by atoms with E-state index in [1.807, 2.05) is 0 Å². The molecule has 0 aliphatic heterocycles. The standard InChI is InChI=1S/C9H20O5S/c1-13-5-6-14-8-9(10)4-3-7-15(2,11)12/h9-10H,3-8H2,1-2H3. The molecule has 0 rings (SSSR count). The SMILES string of the molecule is COCCOCC(O)CCCS(C)(=O)=O. The lowest BCUT2D eigenvalue weighted by Gasteiger charge is -2.10. The summed E-state index contributed by atoms with van der Waals surface area (Å²) in [5, 5.41) is 9.38. The van der Waals surface area contributed by atoms with Crippen molar-refractivity contribution in [3.05, 3.63) is 0 Å². The number of aliphatic hydroxyl groups is 1. The van der Waals surface area contributed by atoms with Crippen molar-refractivity contribution < 1.29 is 23.0 Å². The van der Waals surface area contributed by atoms with E-state index in [9.17, 15) is 13.5 Å². The van der Waals surface area contributed by atoms with Crippen LogP contribution in [0.3, 0.4) is 0 Å². The Kier molecular flexibility index (Phi) is 7.95. The summed E-state index contributed by atoms with van der Waals surface area (Å²) in [7, 11) is -1.35. The molecule has 5 nitrogen and oxygen atoms in total. The zero-order chi connectivity index (χ0) is 11.7. The van der Waals surface area contributed by atoms with Crippen LogP contribution in [0.15, 0.2) is 0 Å². The summed E-state index contributed by atoms with van der Waals surface area (Å²) >= 11 is 0. The molecule has 0 amide bonds. The molecule has 1 N–H and O–H groups in total. The van der Waals surface area contributed by atoms with Crippen LogP contribution in [0.4, 0.5) is 0 Å². The Morgan fingerprint density at radius 1 is 1.33 bits per heavy atom. The first-order chi connectivity index (χ1) is 6.95. The van der Waals surface area contributed by atoms with Crippen LogP contribution in [0.2, 0.25) is 0 Å². The molecule has 0 aromatic rings. The van der Waals surface area contributed by atoms with Gasteiger partial charge in [-0.25, -0.2) is 8.42 Å². The molecule has 6 heteroatoms. The zero-order valence-corrected chi connectivity index (χ0v) is 10.1. The second-order valence-corrected chi connectivity index (χ2v) is 5.75. The van der Waals surface area contributed by atoms with Crippen LogP contribution >= 0.6 is 0 Å². The van der Waals surface area contributed by atoms with Gasteiger partial charge in [0.05, 0.1) is 25.9 Å². The van der Waals surface area contributed by atoms with Crippen LogP contribution in [0.1, 0.15) is 12.8 Å². The summed E-state index contributed by atoms with van der Waals surface area (Å²) in [4.78, 5) is 0. The first-order valence-electron chi connectivity index (χ1n) is 4.88. The molecule has 92 valence electrons. The van der Waals surface area contributed by atoms with E-state index in [1.54, 1.807) is 7.11 Å². The Morgan fingerprint density at radius 3 is 2.53 bits per heavy atom. The van der Waals surface area contributed by atoms with Crippen molar-refractivity contribution in [3.63, 3.8) is 0 Å². The van der Waals surface area contributed by atoms with Gasteiger partial charge in [0.15, 0.2) is 0 Å². The number of hydrogen-bond acceptors (Lipinski definition) is 5. The topological polar surface area (TPSA) is 72.8 Å². The molecule has 0 bridgehead atoms. The molecule has 15 heavy (non-hydrogen) atoms. The minimum Gasteiger partial charge on any atom is -0.391 e. The fraction of sp³-hybridized carbons (Fsp3) is 1.00. The third-order valence-corrected chi connectivity index (χ3v) is 2.82. The molecule has 0 aliphatic carbocycles. The van der Waals surface area contributed by atoms with Gasteiger partial charge in [-0.05, 0) is 12.8 Å². The van der Waals surface area contributed by atoms with Gasteiger partial charge in [0.25, 0.3) is 0 Å². The van der Waals surface area contributed by atoms with Gasteiger partial charge in [-0.3, -0.25) is 0 Å². The average molecular weight is 240 g/mol. The zero-order valence-electron chi connectivity index (χ0n) is 9.31. The number of methoxy groups -OCH3 is 1. The van der Waals surface area contributed by atoms with Crippen LogP contribution in [-0.2, 0) is 19.3 Å². The lowest BCUT2D eigenvalue weighted by atomic mass is 10.2. The molecule has 0 heterocycles. The van der Waals surface area contributed by atoms with Crippen LogP contribution in [-0.4, -0.2) is 58.6 Å². The van der Waals surface area contributed by atoms with E-state index in [1.165, 1.54) is 6.26 Å². The fourth-order valence-electron chi connectivity index (χ4n) is 1.03. The third-order valence-electron chi connectivity index (χ3n) is 1.79. The summed E-state index contributed by atoms with van der Waals surface area (Å²) in [5.41, 5.74) is 0. The molecule has 0 aromatic carbocycles. The lowest BCUT2D eigenvalue weighted by Crippen LogP contribution is -2.18. The molecule has 0 spiro atoms. The first kappa shape index (κ1) is 14.8. The Morgan fingerprint density at radius 2 is 2.00 bits per heavy atom. The Balaban J connectivity index is 3.37. The molecule has 0 saturated heterocycles. The molecule has 1 atom stereocenters. The van der Waals surface area contributed by atoms with Gasteiger partial charge in [-0.2, -0.15) is 0 Å². The summed E-state index contributed by atoms with van der Waals surface area (Å²) in [6.45, 7) is 1.17. The van der Waals surface area contributed by atoms with Crippen LogP contribution in [0.5, 0.6) is 0 Å². The minimum atomic E-state index is -2.92. The van der Waals surface area contributed by atoms with Crippen molar-refractivity contribution >= 4 is 9.84 Å². The monoisotopic (exact) mass is 240 g/mol. The number of sulfone groups is 1. The number of aliphatic hydroxyl groups excluding tert-OH is 1. The molecule has 0 saturated carbocycles. The number of hydrogen-bond donors (Lipinski definition) is 1. The molecule has 0 aromatic heterocycles. The molecule has 1 unspecified atom stereocenters. The van der Waals surface area contributed by atoms with E-state index in [0.717, 1.165) is 0 Å². The second kappa shape index (κ2) is 8.04. The second-order valence-electron chi connectivity index (χ2n) is 3.49. The van der Waals surface area contributed by atoms with Crippen LogP contribution in [0.25, 0.3) is 0 Å². The largest absolute Gasteiger partial charge is 0.391 e. The fourth-order valence-corrected chi connectivity index (χ4v) is 1.72. The van der Waals surface area contributed by atoms with E-state index in [0.29, 0.717) is 26.1 Å². The Hall–Kier alpha value is -0.170. The van der Waals surface area contributed by atoms with Crippen molar-refractivity contribution in [2.45, 2.75) is 18.9 Å². The van der Waals surface area contributed by atoms with E-state index >= 15 is 0 Å². The summed E-state index contributed by atoms with van der Waals surface area (Å²) < 4.78 is 31.4. The third kappa shape index (κ3) is 11.8. The highest BCUT2D eigenvalue weighted by molar-refractivity contribution is 7.90. The molecule has 0 aliphatic rings. The van der Waals surface area contributed by atoms with E-state index < -0.39 is 15.9 Å². The van der Waals surface area contributed by atoms with E-state index in [-0.39, 0.29) is 12.4 Å². The van der Waals surface area contributed by atoms with Gasteiger partial charge in [-0.1, -0.05) is 0 Å². The average Bonchev–Trinajstić information content (AvgIpc) is 2.10. The highest BCUT2D eigenvalue weighted by Crippen LogP contribution is 2.00. The van der Waals surface area contributed by atoms with Gasteiger partial charge in [0, 0.05) is 19.1 Å². The molecular weight excluding hydrogens is 220 g/mol. The summed E-state index contributed by atoms with van der Waals surface area (Å²) in [5.74, 6) is 0.113.